The van der Waals surface area contributed by atoms with Gasteiger partial charge < -0.3 is 20.8 Å². The van der Waals surface area contributed by atoms with Crippen molar-refractivity contribution < 1.29 is 24.0 Å². The van der Waals surface area contributed by atoms with Gasteiger partial charge in [-0.05, 0) is 31.0 Å². The van der Waals surface area contributed by atoms with E-state index < -0.39 is 22.8 Å². The third kappa shape index (κ3) is 4.19. The summed E-state index contributed by atoms with van der Waals surface area (Å²) in [5.74, 6) is -0.477. The molecule has 1 fully saturated rings. The molecule has 1 aromatic rings. The maximum Gasteiger partial charge on any atom is 0.339 e. The number of anilines is 1. The van der Waals surface area contributed by atoms with Crippen LogP contribution < -0.4 is 10.6 Å². The van der Waals surface area contributed by atoms with E-state index in [-0.39, 0.29) is 23.0 Å². The van der Waals surface area contributed by atoms with Crippen molar-refractivity contribution in [3.63, 3.8) is 0 Å². The van der Waals surface area contributed by atoms with E-state index in [2.05, 4.69) is 10.6 Å². The average molecular weight is 312 g/mol. The third-order valence-corrected chi connectivity index (χ3v) is 4.59. The van der Waals surface area contributed by atoms with Gasteiger partial charge in [-0.3, -0.25) is 4.21 Å². The second-order valence-corrected chi connectivity index (χ2v) is 6.45. The number of phenols is 1. The summed E-state index contributed by atoms with van der Waals surface area (Å²) < 4.78 is 11.2. The Morgan fingerprint density at radius 2 is 1.90 bits per heavy atom. The van der Waals surface area contributed by atoms with Gasteiger partial charge in [0.25, 0.3) is 0 Å². The van der Waals surface area contributed by atoms with Crippen LogP contribution in [0, 0.1) is 0 Å². The van der Waals surface area contributed by atoms with Crippen molar-refractivity contribution in [3.05, 3.63) is 23.8 Å². The number of carboxylic acids is 1. The minimum atomic E-state index is -1.27. The lowest BCUT2D eigenvalue weighted by Gasteiger charge is -2.22. The number of carboxylic acid groups (broad SMARTS) is 1. The second kappa shape index (κ2) is 6.57. The molecule has 0 bridgehead atoms. The minimum Gasteiger partial charge on any atom is -0.507 e. The first-order valence-electron chi connectivity index (χ1n) is 6.44. The number of nitrogens with one attached hydrogen (secondary N) is 2. The van der Waals surface area contributed by atoms with Crippen LogP contribution in [0.1, 0.15) is 23.2 Å². The molecule has 0 aromatic heterocycles. The van der Waals surface area contributed by atoms with Crippen LogP contribution in [-0.4, -0.2) is 44.0 Å². The number of hydrogen-bond acceptors (Lipinski definition) is 4. The van der Waals surface area contributed by atoms with Crippen molar-refractivity contribution >= 4 is 28.5 Å². The smallest absolute Gasteiger partial charge is 0.339 e. The van der Waals surface area contributed by atoms with Crippen LogP contribution in [0.5, 0.6) is 5.75 Å². The molecule has 8 heteroatoms. The number of carbonyl (C=O) groups is 2. The van der Waals surface area contributed by atoms with Gasteiger partial charge in [0.1, 0.15) is 11.3 Å². The molecule has 1 aromatic carbocycles. The van der Waals surface area contributed by atoms with Crippen LogP contribution in [0.25, 0.3) is 0 Å². The Morgan fingerprint density at radius 3 is 2.52 bits per heavy atom. The molecule has 2 amide bonds. The summed E-state index contributed by atoms with van der Waals surface area (Å²) in [5.41, 5.74) is 0.00273. The van der Waals surface area contributed by atoms with Crippen molar-refractivity contribution in [2.75, 3.05) is 16.8 Å². The number of carbonyl (C=O) groups excluding carboxylic acids is 1. The molecule has 2 rings (SSSR count). The predicted octanol–water partition coefficient (Wildman–Crippen LogP) is 1.12. The van der Waals surface area contributed by atoms with E-state index in [9.17, 15) is 18.9 Å². The van der Waals surface area contributed by atoms with E-state index in [0.29, 0.717) is 24.3 Å². The van der Waals surface area contributed by atoms with E-state index >= 15 is 0 Å². The van der Waals surface area contributed by atoms with Crippen LogP contribution in [-0.2, 0) is 10.8 Å². The van der Waals surface area contributed by atoms with E-state index in [1.165, 1.54) is 18.2 Å². The first-order chi connectivity index (χ1) is 9.95. The van der Waals surface area contributed by atoms with Crippen molar-refractivity contribution in [1.82, 2.24) is 5.32 Å². The van der Waals surface area contributed by atoms with Gasteiger partial charge in [0.2, 0.25) is 0 Å². The van der Waals surface area contributed by atoms with Gasteiger partial charge in [-0.15, -0.1) is 0 Å². The SMILES string of the molecule is O=C(Nc1ccc(O)c(C(=O)O)c1)NC1CCS(=O)CC1. The van der Waals surface area contributed by atoms with Crippen LogP contribution >= 0.6 is 0 Å². The first kappa shape index (κ1) is 15.3. The van der Waals surface area contributed by atoms with Crippen LogP contribution in [0.3, 0.4) is 0 Å². The predicted molar refractivity (Wildman–Crippen MR) is 78.1 cm³/mol. The number of aromatic carboxylic acids is 1. The number of aromatic hydroxyl groups is 1. The van der Waals surface area contributed by atoms with Gasteiger partial charge in [0, 0.05) is 34.0 Å². The molecule has 0 aliphatic carbocycles. The number of rotatable bonds is 3. The van der Waals surface area contributed by atoms with Gasteiger partial charge in [-0.25, -0.2) is 9.59 Å². The maximum absolute atomic E-state index is 11.8. The molecular weight excluding hydrogens is 296 g/mol. The van der Waals surface area contributed by atoms with Crippen LogP contribution in [0.15, 0.2) is 18.2 Å². The average Bonchev–Trinajstić information content (AvgIpc) is 2.43. The van der Waals surface area contributed by atoms with Crippen molar-refractivity contribution in [2.45, 2.75) is 18.9 Å². The highest BCUT2D eigenvalue weighted by Gasteiger charge is 2.19. The van der Waals surface area contributed by atoms with Crippen LogP contribution in [0.2, 0.25) is 0 Å². The Morgan fingerprint density at radius 1 is 1.24 bits per heavy atom. The Kier molecular flexibility index (Phi) is 4.79. The van der Waals surface area contributed by atoms with Gasteiger partial charge in [-0.1, -0.05) is 0 Å². The van der Waals surface area contributed by atoms with Crippen molar-refractivity contribution in [2.24, 2.45) is 0 Å². The summed E-state index contributed by atoms with van der Waals surface area (Å²) in [7, 11) is -0.789. The number of benzene rings is 1. The summed E-state index contributed by atoms with van der Waals surface area (Å²) in [6.45, 7) is 0. The number of hydrogen-bond donors (Lipinski definition) is 4. The molecule has 0 atom stereocenters. The Balaban J connectivity index is 1.95. The number of amides is 2. The molecule has 0 radical (unpaired) electrons. The fraction of sp³-hybridized carbons (Fsp3) is 0.385. The molecule has 7 nitrogen and oxygen atoms in total. The third-order valence-electron chi connectivity index (χ3n) is 3.21. The summed E-state index contributed by atoms with van der Waals surface area (Å²) in [6, 6.07) is 3.33. The molecule has 0 unspecified atom stereocenters. The van der Waals surface area contributed by atoms with Crippen molar-refractivity contribution in [3.8, 4) is 5.75 Å². The lowest BCUT2D eigenvalue weighted by molar-refractivity contribution is 0.0693. The maximum atomic E-state index is 11.8. The van der Waals surface area contributed by atoms with Gasteiger partial charge in [0.05, 0.1) is 0 Å². The highest BCUT2D eigenvalue weighted by molar-refractivity contribution is 7.85. The second-order valence-electron chi connectivity index (χ2n) is 4.76. The Labute approximate surface area is 123 Å². The molecule has 1 aliphatic rings. The molecule has 1 saturated heterocycles. The highest BCUT2D eigenvalue weighted by atomic mass is 32.2. The lowest BCUT2D eigenvalue weighted by atomic mass is 10.1. The number of urea groups is 1. The summed E-state index contributed by atoms with van der Waals surface area (Å²) >= 11 is 0. The van der Waals surface area contributed by atoms with E-state index in [1.54, 1.807) is 0 Å². The Hall–Kier alpha value is -2.09. The summed E-state index contributed by atoms with van der Waals surface area (Å²) in [5, 5.41) is 23.6. The zero-order valence-corrected chi connectivity index (χ0v) is 12.0. The van der Waals surface area contributed by atoms with Gasteiger partial charge in [-0.2, -0.15) is 0 Å². The standard InChI is InChI=1S/C13H16N2O5S/c16-11-2-1-9(7-10(11)12(17)18)15-13(19)14-8-3-5-21(20)6-4-8/h1-2,7-8,16H,3-6H2,(H,17,18)(H2,14,15,19). The normalized spacial score (nSPS) is 21.5. The quantitative estimate of drug-likeness (QED) is 0.624. The molecule has 0 spiro atoms. The van der Waals surface area contributed by atoms with E-state index in [1.807, 2.05) is 0 Å². The fourth-order valence-electron chi connectivity index (χ4n) is 2.08. The topological polar surface area (TPSA) is 116 Å². The first-order valence-corrected chi connectivity index (χ1v) is 7.93. The monoisotopic (exact) mass is 312 g/mol. The van der Waals surface area contributed by atoms with E-state index in [4.69, 9.17) is 5.11 Å². The molecule has 4 N–H and O–H groups in total. The zero-order valence-electron chi connectivity index (χ0n) is 11.2. The highest BCUT2D eigenvalue weighted by Crippen LogP contribution is 2.21. The van der Waals surface area contributed by atoms with Gasteiger partial charge in [0.15, 0.2) is 0 Å². The van der Waals surface area contributed by atoms with E-state index in [0.717, 1.165) is 0 Å². The minimum absolute atomic E-state index is 0.0289. The van der Waals surface area contributed by atoms with Crippen molar-refractivity contribution in [1.29, 1.82) is 0 Å². The molecule has 114 valence electrons. The molecule has 1 heterocycles. The molecule has 0 saturated carbocycles. The zero-order chi connectivity index (χ0) is 15.4. The molecular formula is C13H16N2O5S. The Bertz CT molecular complexity index is 580. The van der Waals surface area contributed by atoms with Crippen LogP contribution in [0.4, 0.5) is 10.5 Å². The lowest BCUT2D eigenvalue weighted by Crippen LogP contribution is -2.41. The molecule has 1 aliphatic heterocycles. The van der Waals surface area contributed by atoms with Gasteiger partial charge >= 0.3 is 12.0 Å². The summed E-state index contributed by atoms with van der Waals surface area (Å²) in [4.78, 5) is 22.7. The largest absolute Gasteiger partial charge is 0.507 e. The summed E-state index contributed by atoms with van der Waals surface area (Å²) in [6.07, 6.45) is 1.33. The fourth-order valence-corrected chi connectivity index (χ4v) is 3.37. The molecule has 21 heavy (non-hydrogen) atoms.